The van der Waals surface area contributed by atoms with E-state index < -0.39 is 0 Å². The van der Waals surface area contributed by atoms with Crippen molar-refractivity contribution in [3.05, 3.63) is 17.5 Å². The molecule has 0 aromatic carbocycles. The van der Waals surface area contributed by atoms with Gasteiger partial charge in [0.1, 0.15) is 0 Å². The lowest BCUT2D eigenvalue weighted by molar-refractivity contribution is 0.0266. The van der Waals surface area contributed by atoms with Gasteiger partial charge in [-0.15, -0.1) is 0 Å². The van der Waals surface area contributed by atoms with E-state index in [1.54, 1.807) is 0 Å². The molecule has 2 aliphatic rings. The van der Waals surface area contributed by atoms with E-state index in [0.717, 1.165) is 30.8 Å². The van der Waals surface area contributed by atoms with Crippen molar-refractivity contribution < 1.29 is 9.63 Å². The second kappa shape index (κ2) is 3.86. The number of rotatable bonds is 2. The first-order chi connectivity index (χ1) is 7.72. The van der Waals surface area contributed by atoms with E-state index in [4.69, 9.17) is 4.52 Å². The van der Waals surface area contributed by atoms with Gasteiger partial charge >= 0.3 is 0 Å². The normalized spacial score (nSPS) is 34.5. The van der Waals surface area contributed by atoms with Crippen molar-refractivity contribution in [2.75, 3.05) is 0 Å². The minimum absolute atomic E-state index is 0.0924. The zero-order chi connectivity index (χ0) is 11.1. The van der Waals surface area contributed by atoms with Crippen LogP contribution in [0.25, 0.3) is 0 Å². The van der Waals surface area contributed by atoms with E-state index >= 15 is 0 Å². The molecule has 3 heterocycles. The van der Waals surface area contributed by atoms with E-state index in [-0.39, 0.29) is 6.10 Å². The molecule has 1 aromatic rings. The van der Waals surface area contributed by atoms with Crippen molar-refractivity contribution in [1.29, 1.82) is 0 Å². The van der Waals surface area contributed by atoms with Crippen LogP contribution >= 0.6 is 0 Å². The van der Waals surface area contributed by atoms with Crippen LogP contribution in [-0.2, 0) is 6.54 Å². The highest BCUT2D eigenvalue weighted by atomic mass is 16.5. The van der Waals surface area contributed by atoms with Gasteiger partial charge in [-0.25, -0.2) is 0 Å². The minimum atomic E-state index is -0.0924. The molecule has 88 valence electrons. The number of nitrogens with zero attached hydrogens (tertiary/aromatic N) is 2. The Bertz CT molecular complexity index is 363. The van der Waals surface area contributed by atoms with E-state index in [9.17, 15) is 5.11 Å². The summed E-state index contributed by atoms with van der Waals surface area (Å²) in [5, 5.41) is 13.6. The van der Waals surface area contributed by atoms with Crippen molar-refractivity contribution in [1.82, 2.24) is 10.1 Å². The van der Waals surface area contributed by atoms with Gasteiger partial charge in [-0.1, -0.05) is 5.16 Å². The van der Waals surface area contributed by atoms with Gasteiger partial charge in [0, 0.05) is 18.2 Å². The van der Waals surface area contributed by atoms with Gasteiger partial charge in [0.2, 0.25) is 0 Å². The number of aryl methyl sites for hydroxylation is 1. The molecule has 1 N–H and O–H groups in total. The van der Waals surface area contributed by atoms with Crippen LogP contribution in [0.5, 0.6) is 0 Å². The van der Waals surface area contributed by atoms with Gasteiger partial charge < -0.3 is 9.63 Å². The zero-order valence-corrected chi connectivity index (χ0v) is 9.59. The van der Waals surface area contributed by atoms with E-state index in [1.165, 1.54) is 12.8 Å². The van der Waals surface area contributed by atoms with E-state index in [0.29, 0.717) is 12.1 Å². The van der Waals surface area contributed by atoms with Gasteiger partial charge in [0.15, 0.2) is 5.76 Å². The quantitative estimate of drug-likeness (QED) is 0.823. The fourth-order valence-corrected chi connectivity index (χ4v) is 3.17. The average Bonchev–Trinajstić information content (AvgIpc) is 2.72. The molecular weight excluding hydrogens is 204 g/mol. The molecule has 3 rings (SSSR count). The molecule has 4 nitrogen and oxygen atoms in total. The van der Waals surface area contributed by atoms with Gasteiger partial charge in [-0.3, -0.25) is 4.90 Å². The molecule has 2 saturated heterocycles. The maximum absolute atomic E-state index is 9.72. The van der Waals surface area contributed by atoms with Gasteiger partial charge in [0.05, 0.1) is 18.3 Å². The highest BCUT2D eigenvalue weighted by molar-refractivity contribution is 5.05. The lowest BCUT2D eigenvalue weighted by Gasteiger charge is -2.36. The van der Waals surface area contributed by atoms with Crippen LogP contribution in [0.1, 0.15) is 37.1 Å². The third-order valence-corrected chi connectivity index (χ3v) is 3.87. The summed E-state index contributed by atoms with van der Waals surface area (Å²) in [5.41, 5.74) is 0.944. The Morgan fingerprint density at radius 1 is 1.44 bits per heavy atom. The van der Waals surface area contributed by atoms with E-state index in [1.807, 2.05) is 13.0 Å². The highest BCUT2D eigenvalue weighted by Crippen LogP contribution is 2.36. The topological polar surface area (TPSA) is 49.5 Å². The number of piperidine rings is 1. The monoisotopic (exact) mass is 222 g/mol. The molecule has 2 fully saturated rings. The predicted octanol–water partition coefficient (Wildman–Crippen LogP) is 1.47. The molecule has 0 radical (unpaired) electrons. The summed E-state index contributed by atoms with van der Waals surface area (Å²) in [7, 11) is 0. The first kappa shape index (κ1) is 10.3. The lowest BCUT2D eigenvalue weighted by atomic mass is 10.00. The molecule has 0 amide bonds. The molecule has 2 unspecified atom stereocenters. The number of fused-ring (bicyclic) bond motifs is 2. The molecule has 16 heavy (non-hydrogen) atoms. The Kier molecular flexibility index (Phi) is 2.48. The van der Waals surface area contributed by atoms with Gasteiger partial charge in [0.25, 0.3) is 0 Å². The summed E-state index contributed by atoms with van der Waals surface area (Å²) in [6, 6.07) is 3.09. The molecule has 0 spiro atoms. The Balaban J connectivity index is 1.72. The predicted molar refractivity (Wildman–Crippen MR) is 58.8 cm³/mol. The van der Waals surface area contributed by atoms with Crippen LogP contribution < -0.4 is 0 Å². The van der Waals surface area contributed by atoms with Gasteiger partial charge in [-0.05, 0) is 32.6 Å². The zero-order valence-electron chi connectivity index (χ0n) is 9.59. The summed E-state index contributed by atoms with van der Waals surface area (Å²) in [6.45, 7) is 2.80. The Hall–Kier alpha value is -0.870. The first-order valence-electron chi connectivity index (χ1n) is 6.08. The molecule has 2 atom stereocenters. The number of aliphatic hydroxyl groups is 1. The summed E-state index contributed by atoms with van der Waals surface area (Å²) < 4.78 is 5.26. The van der Waals surface area contributed by atoms with Crippen molar-refractivity contribution in [2.24, 2.45) is 0 Å². The Labute approximate surface area is 95.2 Å². The van der Waals surface area contributed by atoms with Crippen LogP contribution in [0.4, 0.5) is 0 Å². The van der Waals surface area contributed by atoms with Crippen molar-refractivity contribution in [2.45, 2.75) is 57.3 Å². The first-order valence-corrected chi connectivity index (χ1v) is 6.08. The van der Waals surface area contributed by atoms with Gasteiger partial charge in [-0.2, -0.15) is 0 Å². The minimum Gasteiger partial charge on any atom is -0.393 e. The fraction of sp³-hybridized carbons (Fsp3) is 0.750. The second-order valence-corrected chi connectivity index (χ2v) is 5.12. The third kappa shape index (κ3) is 1.76. The average molecular weight is 222 g/mol. The molecule has 4 heteroatoms. The lowest BCUT2D eigenvalue weighted by Crippen LogP contribution is -2.43. The summed E-state index contributed by atoms with van der Waals surface area (Å²) >= 11 is 0. The second-order valence-electron chi connectivity index (χ2n) is 5.12. The van der Waals surface area contributed by atoms with Crippen LogP contribution in [0.2, 0.25) is 0 Å². The highest BCUT2D eigenvalue weighted by Gasteiger charge is 2.40. The van der Waals surface area contributed by atoms with Crippen molar-refractivity contribution in [3.63, 3.8) is 0 Å². The van der Waals surface area contributed by atoms with E-state index in [2.05, 4.69) is 10.1 Å². The SMILES string of the molecule is Cc1cc(CN2C3CCC2CC(O)C3)on1. The molecule has 1 aromatic heterocycles. The number of aliphatic hydroxyl groups excluding tert-OH is 1. The standard InChI is InChI=1S/C12H18N2O2/c1-8-4-12(16-13-8)7-14-9-2-3-10(14)6-11(15)5-9/h4,9-11,15H,2-3,5-7H2,1H3. The van der Waals surface area contributed by atoms with Crippen LogP contribution in [0, 0.1) is 6.92 Å². The maximum atomic E-state index is 9.72. The van der Waals surface area contributed by atoms with Crippen LogP contribution in [0.3, 0.4) is 0 Å². The van der Waals surface area contributed by atoms with Crippen molar-refractivity contribution >= 4 is 0 Å². The third-order valence-electron chi connectivity index (χ3n) is 3.87. The number of hydrogen-bond acceptors (Lipinski definition) is 4. The Morgan fingerprint density at radius 2 is 2.12 bits per heavy atom. The molecule has 2 bridgehead atoms. The fourth-order valence-electron chi connectivity index (χ4n) is 3.17. The molecular formula is C12H18N2O2. The Morgan fingerprint density at radius 3 is 2.69 bits per heavy atom. The summed E-state index contributed by atoms with van der Waals surface area (Å²) in [6.07, 6.45) is 4.18. The summed E-state index contributed by atoms with van der Waals surface area (Å²) in [4.78, 5) is 2.48. The molecule has 0 aliphatic carbocycles. The molecule has 2 aliphatic heterocycles. The number of hydrogen-bond donors (Lipinski definition) is 1. The van der Waals surface area contributed by atoms with Crippen LogP contribution in [0.15, 0.2) is 10.6 Å². The molecule has 0 saturated carbocycles. The largest absolute Gasteiger partial charge is 0.393 e. The smallest absolute Gasteiger partial charge is 0.150 e. The van der Waals surface area contributed by atoms with Crippen LogP contribution in [-0.4, -0.2) is 33.4 Å². The maximum Gasteiger partial charge on any atom is 0.150 e. The number of aromatic nitrogens is 1. The van der Waals surface area contributed by atoms with Crippen molar-refractivity contribution in [3.8, 4) is 0 Å². The summed E-state index contributed by atoms with van der Waals surface area (Å²) in [5.74, 6) is 0.950.